The molecule has 5 nitrogen and oxygen atoms in total. The first-order valence-corrected chi connectivity index (χ1v) is 8.41. The molecule has 0 radical (unpaired) electrons. The molecule has 1 aliphatic carbocycles. The molecule has 0 bridgehead atoms. The standard InChI is InChI=1S/C13H19ClN2O3S/c1-19-12-8-9(14)6-7-13(12)20(17,18)16-11-5-3-2-4-10(11)15/h6-8,10-11,16H,2-5,15H2,1H3. The third-order valence-corrected chi connectivity index (χ3v) is 5.31. The maximum atomic E-state index is 12.4. The lowest BCUT2D eigenvalue weighted by Crippen LogP contribution is -2.49. The number of nitrogens with one attached hydrogen (secondary N) is 1. The molecule has 3 N–H and O–H groups in total. The molecular weight excluding hydrogens is 300 g/mol. The quantitative estimate of drug-likeness (QED) is 0.888. The molecule has 7 heteroatoms. The van der Waals surface area contributed by atoms with Gasteiger partial charge in [-0.3, -0.25) is 0 Å². The Labute approximate surface area is 124 Å². The van der Waals surface area contributed by atoms with E-state index < -0.39 is 10.0 Å². The van der Waals surface area contributed by atoms with Gasteiger partial charge in [-0.15, -0.1) is 0 Å². The minimum Gasteiger partial charge on any atom is -0.495 e. The molecule has 0 saturated heterocycles. The van der Waals surface area contributed by atoms with Crippen molar-refractivity contribution in [1.82, 2.24) is 4.72 Å². The van der Waals surface area contributed by atoms with E-state index in [1.54, 1.807) is 0 Å². The van der Waals surface area contributed by atoms with Crippen LogP contribution in [0.2, 0.25) is 5.02 Å². The number of halogens is 1. The van der Waals surface area contributed by atoms with Crippen LogP contribution < -0.4 is 15.2 Å². The topological polar surface area (TPSA) is 81.4 Å². The van der Waals surface area contributed by atoms with Crippen LogP contribution in [0.15, 0.2) is 23.1 Å². The predicted molar refractivity (Wildman–Crippen MR) is 78.6 cm³/mol. The molecule has 2 rings (SSSR count). The molecule has 1 fully saturated rings. The minimum atomic E-state index is -3.67. The van der Waals surface area contributed by atoms with Gasteiger partial charge >= 0.3 is 0 Å². The number of benzene rings is 1. The summed E-state index contributed by atoms with van der Waals surface area (Å²) < 4.78 is 32.7. The summed E-state index contributed by atoms with van der Waals surface area (Å²) >= 11 is 5.85. The highest BCUT2D eigenvalue weighted by molar-refractivity contribution is 7.89. The van der Waals surface area contributed by atoms with Gasteiger partial charge < -0.3 is 10.5 Å². The Balaban J connectivity index is 2.26. The van der Waals surface area contributed by atoms with E-state index in [0.29, 0.717) is 5.02 Å². The fourth-order valence-electron chi connectivity index (χ4n) is 2.43. The summed E-state index contributed by atoms with van der Waals surface area (Å²) in [5, 5.41) is 0.426. The van der Waals surface area contributed by atoms with Crippen LogP contribution in [0.25, 0.3) is 0 Å². The van der Waals surface area contributed by atoms with Crippen LogP contribution in [0.4, 0.5) is 0 Å². The Hall–Kier alpha value is -0.820. The zero-order valence-corrected chi connectivity index (χ0v) is 12.9. The van der Waals surface area contributed by atoms with Gasteiger partial charge in [0.1, 0.15) is 10.6 Å². The Kier molecular flexibility index (Phi) is 4.90. The second kappa shape index (κ2) is 6.30. The second-order valence-electron chi connectivity index (χ2n) is 4.97. The van der Waals surface area contributed by atoms with Crippen molar-refractivity contribution in [2.45, 2.75) is 42.7 Å². The van der Waals surface area contributed by atoms with Gasteiger partial charge in [0.05, 0.1) is 7.11 Å². The largest absolute Gasteiger partial charge is 0.495 e. The van der Waals surface area contributed by atoms with Gasteiger partial charge in [-0.25, -0.2) is 13.1 Å². The molecule has 1 aromatic carbocycles. The molecule has 1 aliphatic rings. The molecule has 0 aliphatic heterocycles. The van der Waals surface area contributed by atoms with E-state index in [2.05, 4.69) is 4.72 Å². The number of ether oxygens (including phenoxy) is 1. The first-order chi connectivity index (χ1) is 9.44. The van der Waals surface area contributed by atoms with Gasteiger partial charge in [-0.1, -0.05) is 24.4 Å². The highest BCUT2D eigenvalue weighted by atomic mass is 35.5. The number of hydrogen-bond acceptors (Lipinski definition) is 4. The van der Waals surface area contributed by atoms with Gasteiger partial charge in [0, 0.05) is 23.2 Å². The van der Waals surface area contributed by atoms with Gasteiger partial charge in [-0.2, -0.15) is 0 Å². The predicted octanol–water partition coefficient (Wildman–Crippen LogP) is 1.90. The summed E-state index contributed by atoms with van der Waals surface area (Å²) in [6.07, 6.45) is 3.63. The molecule has 2 unspecified atom stereocenters. The highest BCUT2D eigenvalue weighted by Gasteiger charge is 2.28. The number of nitrogens with two attached hydrogens (primary N) is 1. The van der Waals surface area contributed by atoms with E-state index >= 15 is 0 Å². The van der Waals surface area contributed by atoms with Crippen molar-refractivity contribution in [3.63, 3.8) is 0 Å². The first-order valence-electron chi connectivity index (χ1n) is 6.55. The van der Waals surface area contributed by atoms with Crippen LogP contribution in [0.3, 0.4) is 0 Å². The van der Waals surface area contributed by atoms with Crippen LogP contribution in [0, 0.1) is 0 Å². The van der Waals surface area contributed by atoms with Gasteiger partial charge in [0.15, 0.2) is 0 Å². The number of rotatable bonds is 4. The van der Waals surface area contributed by atoms with E-state index in [4.69, 9.17) is 22.1 Å². The molecule has 20 heavy (non-hydrogen) atoms. The zero-order valence-electron chi connectivity index (χ0n) is 11.3. The Morgan fingerprint density at radius 1 is 1.35 bits per heavy atom. The van der Waals surface area contributed by atoms with E-state index in [0.717, 1.165) is 25.7 Å². The Morgan fingerprint density at radius 3 is 2.70 bits per heavy atom. The monoisotopic (exact) mass is 318 g/mol. The average Bonchev–Trinajstić information content (AvgIpc) is 2.40. The molecule has 1 saturated carbocycles. The molecule has 0 amide bonds. The summed E-state index contributed by atoms with van der Waals surface area (Å²) in [6, 6.07) is 4.08. The molecule has 0 aromatic heterocycles. The van der Waals surface area contributed by atoms with E-state index in [-0.39, 0.29) is 22.7 Å². The lowest BCUT2D eigenvalue weighted by atomic mass is 9.92. The van der Waals surface area contributed by atoms with E-state index in [9.17, 15) is 8.42 Å². The van der Waals surface area contributed by atoms with Crippen LogP contribution in [-0.4, -0.2) is 27.6 Å². The normalized spacial score (nSPS) is 23.6. The third-order valence-electron chi connectivity index (χ3n) is 3.54. The molecule has 0 heterocycles. The minimum absolute atomic E-state index is 0.0853. The van der Waals surface area contributed by atoms with Crippen molar-refractivity contribution in [3.05, 3.63) is 23.2 Å². The third kappa shape index (κ3) is 3.44. The van der Waals surface area contributed by atoms with Crippen LogP contribution >= 0.6 is 11.6 Å². The zero-order chi connectivity index (χ0) is 14.8. The van der Waals surface area contributed by atoms with Crippen molar-refractivity contribution in [2.24, 2.45) is 5.73 Å². The average molecular weight is 319 g/mol. The number of hydrogen-bond donors (Lipinski definition) is 2. The van der Waals surface area contributed by atoms with E-state index in [1.165, 1.54) is 25.3 Å². The molecular formula is C13H19ClN2O3S. The molecule has 0 spiro atoms. The lowest BCUT2D eigenvalue weighted by Gasteiger charge is -2.29. The summed E-state index contributed by atoms with van der Waals surface area (Å²) in [7, 11) is -2.25. The smallest absolute Gasteiger partial charge is 0.244 e. The lowest BCUT2D eigenvalue weighted by molar-refractivity contribution is 0.359. The molecule has 2 atom stereocenters. The van der Waals surface area contributed by atoms with Crippen molar-refractivity contribution in [3.8, 4) is 5.75 Å². The molecule has 1 aromatic rings. The van der Waals surface area contributed by atoms with Crippen LogP contribution in [0.1, 0.15) is 25.7 Å². The second-order valence-corrected chi connectivity index (χ2v) is 7.09. The number of methoxy groups -OCH3 is 1. The van der Waals surface area contributed by atoms with E-state index in [1.807, 2.05) is 0 Å². The maximum absolute atomic E-state index is 12.4. The number of sulfonamides is 1. The fourth-order valence-corrected chi connectivity index (χ4v) is 4.07. The van der Waals surface area contributed by atoms with Gasteiger partial charge in [-0.05, 0) is 25.0 Å². The summed E-state index contributed by atoms with van der Waals surface area (Å²) in [5.41, 5.74) is 5.98. The van der Waals surface area contributed by atoms with Crippen LogP contribution in [0.5, 0.6) is 5.75 Å². The van der Waals surface area contributed by atoms with Crippen molar-refractivity contribution in [1.29, 1.82) is 0 Å². The van der Waals surface area contributed by atoms with Crippen molar-refractivity contribution < 1.29 is 13.2 Å². The Bertz CT molecular complexity index is 577. The van der Waals surface area contributed by atoms with Crippen molar-refractivity contribution in [2.75, 3.05) is 7.11 Å². The first kappa shape index (κ1) is 15.6. The fraction of sp³-hybridized carbons (Fsp3) is 0.538. The molecule has 112 valence electrons. The maximum Gasteiger partial charge on any atom is 0.244 e. The summed E-state index contributed by atoms with van der Waals surface area (Å²) in [6.45, 7) is 0. The SMILES string of the molecule is COc1cc(Cl)ccc1S(=O)(=O)NC1CCCCC1N. The van der Waals surface area contributed by atoms with Gasteiger partial charge in [0.25, 0.3) is 0 Å². The van der Waals surface area contributed by atoms with Crippen LogP contribution in [-0.2, 0) is 10.0 Å². The van der Waals surface area contributed by atoms with Gasteiger partial charge in [0.2, 0.25) is 10.0 Å². The summed E-state index contributed by atoms with van der Waals surface area (Å²) in [5.74, 6) is 0.231. The summed E-state index contributed by atoms with van der Waals surface area (Å²) in [4.78, 5) is 0.0853. The highest BCUT2D eigenvalue weighted by Crippen LogP contribution is 2.28. The Morgan fingerprint density at radius 2 is 2.05 bits per heavy atom. The van der Waals surface area contributed by atoms with Crippen molar-refractivity contribution >= 4 is 21.6 Å².